The Morgan fingerprint density at radius 1 is 1.28 bits per heavy atom. The van der Waals surface area contributed by atoms with Crippen LogP contribution in [0.2, 0.25) is 10.0 Å². The van der Waals surface area contributed by atoms with E-state index in [-0.39, 0.29) is 27.5 Å². The van der Waals surface area contributed by atoms with E-state index >= 15 is 0 Å². The summed E-state index contributed by atoms with van der Waals surface area (Å²) in [5, 5.41) is 0.795. The van der Waals surface area contributed by atoms with Crippen molar-refractivity contribution in [3.63, 3.8) is 0 Å². The van der Waals surface area contributed by atoms with Gasteiger partial charge in [-0.25, -0.2) is 9.37 Å². The van der Waals surface area contributed by atoms with Crippen molar-refractivity contribution in [2.75, 3.05) is 19.8 Å². The predicted molar refractivity (Wildman–Crippen MR) is 125 cm³/mol. The second-order valence-electron chi connectivity index (χ2n) is 7.25. The van der Waals surface area contributed by atoms with Crippen molar-refractivity contribution in [3.05, 3.63) is 63.0 Å². The quantitative estimate of drug-likeness (QED) is 0.324. The lowest BCUT2D eigenvalue weighted by Crippen LogP contribution is -2.20. The minimum Gasteiger partial charge on any atom is -0.478 e. The average Bonchev–Trinajstić information content (AvgIpc) is 3.39. The third-order valence-corrected chi connectivity index (χ3v) is 6.69. The van der Waals surface area contributed by atoms with Gasteiger partial charge in [-0.3, -0.25) is 4.79 Å². The number of ether oxygens (including phenoxy) is 1. The second kappa shape index (κ2) is 8.61. The molecule has 1 aromatic carbocycles. The number of pyridine rings is 1. The van der Waals surface area contributed by atoms with Crippen molar-refractivity contribution in [2.24, 2.45) is 0 Å². The molecule has 0 aliphatic carbocycles. The number of amides is 1. The molecular weight excluding hydrogens is 476 g/mol. The molecule has 0 bridgehead atoms. The van der Waals surface area contributed by atoms with Crippen molar-refractivity contribution in [1.29, 1.82) is 0 Å². The fraction of sp³-hybridized carbons (Fsp3) is 0.182. The summed E-state index contributed by atoms with van der Waals surface area (Å²) in [6.07, 6.45) is 2.40. The number of nitrogen functional groups attached to an aromatic ring is 1. The maximum absolute atomic E-state index is 14.0. The molecule has 32 heavy (non-hydrogen) atoms. The van der Waals surface area contributed by atoms with Gasteiger partial charge in [0.2, 0.25) is 5.75 Å². The number of benzene rings is 1. The summed E-state index contributed by atoms with van der Waals surface area (Å²) in [6.45, 7) is 1.67. The number of rotatable bonds is 5. The van der Waals surface area contributed by atoms with Crippen LogP contribution in [0.4, 0.5) is 10.2 Å². The van der Waals surface area contributed by atoms with Gasteiger partial charge in [-0.15, -0.1) is 11.3 Å². The van der Waals surface area contributed by atoms with Gasteiger partial charge in [0, 0.05) is 41.3 Å². The zero-order chi connectivity index (χ0) is 23.2. The molecule has 0 fully saturated rings. The molecule has 4 rings (SSSR count). The molecule has 6 nitrogen and oxygen atoms in total. The molecule has 0 saturated heterocycles. The van der Waals surface area contributed by atoms with Gasteiger partial charge in [0.05, 0.1) is 15.3 Å². The standard InChI is InChI=1S/C22H18Cl2FN3O3S/c1-10(17-13(23)4-5-14(25)18(17)24)31-20-19-11(8-27-21(20)26)12(9-30-19)15-6-7-16(32-15)22(29)28(2)3/h4-10H,1-3H3,(H2,26,27)/t10-/m1/s1. The van der Waals surface area contributed by atoms with Crippen LogP contribution in [0.15, 0.2) is 41.1 Å². The van der Waals surface area contributed by atoms with E-state index in [1.54, 1.807) is 39.5 Å². The van der Waals surface area contributed by atoms with Crippen LogP contribution in [0, 0.1) is 5.82 Å². The lowest BCUT2D eigenvalue weighted by atomic mass is 10.1. The summed E-state index contributed by atoms with van der Waals surface area (Å²) >= 11 is 13.7. The number of anilines is 1. The largest absolute Gasteiger partial charge is 0.478 e. The first-order valence-electron chi connectivity index (χ1n) is 9.46. The lowest BCUT2D eigenvalue weighted by Gasteiger charge is -2.18. The molecule has 0 unspecified atom stereocenters. The van der Waals surface area contributed by atoms with E-state index in [0.717, 1.165) is 10.4 Å². The van der Waals surface area contributed by atoms with Gasteiger partial charge in [-0.2, -0.15) is 0 Å². The summed E-state index contributed by atoms with van der Waals surface area (Å²) in [4.78, 5) is 19.4. The Morgan fingerprint density at radius 2 is 2.03 bits per heavy atom. The van der Waals surface area contributed by atoms with Crippen LogP contribution < -0.4 is 10.5 Å². The fourth-order valence-electron chi connectivity index (χ4n) is 3.25. The molecule has 1 amide bonds. The molecule has 4 aromatic rings. The van der Waals surface area contributed by atoms with Crippen LogP contribution in [0.1, 0.15) is 28.3 Å². The number of carbonyl (C=O) groups is 1. The van der Waals surface area contributed by atoms with E-state index in [0.29, 0.717) is 21.4 Å². The van der Waals surface area contributed by atoms with Gasteiger partial charge >= 0.3 is 0 Å². The first-order chi connectivity index (χ1) is 15.2. The van der Waals surface area contributed by atoms with Crippen molar-refractivity contribution in [1.82, 2.24) is 9.88 Å². The number of fused-ring (bicyclic) bond motifs is 1. The Labute approximate surface area is 197 Å². The number of thiophene rings is 1. The highest BCUT2D eigenvalue weighted by atomic mass is 35.5. The third kappa shape index (κ3) is 3.90. The van der Waals surface area contributed by atoms with E-state index in [9.17, 15) is 9.18 Å². The molecule has 0 aliphatic rings. The van der Waals surface area contributed by atoms with Crippen LogP contribution in [-0.4, -0.2) is 29.9 Å². The number of halogens is 3. The van der Waals surface area contributed by atoms with E-state index in [1.807, 2.05) is 6.07 Å². The average molecular weight is 494 g/mol. The number of hydrogen-bond donors (Lipinski definition) is 1. The third-order valence-electron chi connectivity index (χ3n) is 4.87. The highest BCUT2D eigenvalue weighted by Crippen LogP contribution is 2.42. The zero-order valence-electron chi connectivity index (χ0n) is 17.3. The molecule has 2 N–H and O–H groups in total. The first kappa shape index (κ1) is 22.4. The highest BCUT2D eigenvalue weighted by molar-refractivity contribution is 7.17. The Morgan fingerprint density at radius 3 is 2.75 bits per heavy atom. The summed E-state index contributed by atoms with van der Waals surface area (Å²) < 4.78 is 25.8. The first-order valence-corrected chi connectivity index (χ1v) is 11.0. The molecule has 3 heterocycles. The minimum absolute atomic E-state index is 0.0851. The van der Waals surface area contributed by atoms with Crippen LogP contribution in [0.25, 0.3) is 21.4 Å². The maximum Gasteiger partial charge on any atom is 0.263 e. The van der Waals surface area contributed by atoms with E-state index < -0.39 is 11.9 Å². The Hall–Kier alpha value is -2.81. The van der Waals surface area contributed by atoms with Gasteiger partial charge < -0.3 is 19.8 Å². The fourth-order valence-corrected chi connectivity index (χ4v) is 4.98. The van der Waals surface area contributed by atoms with Crippen molar-refractivity contribution >= 4 is 57.2 Å². The number of aromatic nitrogens is 1. The van der Waals surface area contributed by atoms with Gasteiger partial charge in [-0.1, -0.05) is 23.2 Å². The van der Waals surface area contributed by atoms with Crippen LogP contribution in [0.5, 0.6) is 5.75 Å². The zero-order valence-corrected chi connectivity index (χ0v) is 19.6. The molecule has 0 spiro atoms. The van der Waals surface area contributed by atoms with Gasteiger partial charge in [0.25, 0.3) is 5.91 Å². The molecule has 0 aliphatic heterocycles. The van der Waals surface area contributed by atoms with E-state index in [2.05, 4.69) is 4.98 Å². The molecule has 0 saturated carbocycles. The molecule has 0 radical (unpaired) electrons. The lowest BCUT2D eigenvalue weighted by molar-refractivity contribution is 0.0832. The SMILES string of the molecule is C[C@@H](Oc1c(N)ncc2c(-c3ccc(C(=O)N(C)C)s3)coc12)c1c(Cl)ccc(F)c1Cl. The molecule has 1 atom stereocenters. The number of nitrogens with two attached hydrogens (primary N) is 1. The molecule has 10 heteroatoms. The smallest absolute Gasteiger partial charge is 0.263 e. The molecular formula is C22H18Cl2FN3O3S. The van der Waals surface area contributed by atoms with Crippen molar-refractivity contribution in [3.8, 4) is 16.2 Å². The van der Waals surface area contributed by atoms with E-state index in [4.69, 9.17) is 38.1 Å². The Bertz CT molecular complexity index is 1340. The minimum atomic E-state index is -0.736. The Kier molecular flexibility index (Phi) is 6.03. The van der Waals surface area contributed by atoms with Gasteiger partial charge in [0.1, 0.15) is 18.2 Å². The van der Waals surface area contributed by atoms with Crippen LogP contribution in [0.3, 0.4) is 0 Å². The summed E-state index contributed by atoms with van der Waals surface area (Å²) in [5.74, 6) is -0.396. The molecule has 166 valence electrons. The van der Waals surface area contributed by atoms with Crippen LogP contribution >= 0.6 is 34.5 Å². The molecule has 3 aromatic heterocycles. The highest BCUT2D eigenvalue weighted by Gasteiger charge is 2.24. The summed E-state index contributed by atoms with van der Waals surface area (Å²) in [6, 6.07) is 6.21. The van der Waals surface area contributed by atoms with Gasteiger partial charge in [0.15, 0.2) is 11.4 Å². The van der Waals surface area contributed by atoms with Gasteiger partial charge in [-0.05, 0) is 31.2 Å². The van der Waals surface area contributed by atoms with E-state index in [1.165, 1.54) is 28.4 Å². The van der Waals surface area contributed by atoms with Crippen LogP contribution in [-0.2, 0) is 0 Å². The number of nitrogens with zero attached hydrogens (tertiary/aromatic N) is 2. The topological polar surface area (TPSA) is 81.6 Å². The number of carbonyl (C=O) groups excluding carboxylic acids is 1. The van der Waals surface area contributed by atoms with Crippen molar-refractivity contribution in [2.45, 2.75) is 13.0 Å². The summed E-state index contributed by atoms with van der Waals surface area (Å²) in [7, 11) is 3.40. The number of hydrogen-bond acceptors (Lipinski definition) is 6. The number of furan rings is 1. The monoisotopic (exact) mass is 493 g/mol. The second-order valence-corrected chi connectivity index (χ2v) is 9.11. The van der Waals surface area contributed by atoms with Crippen molar-refractivity contribution < 1.29 is 18.3 Å². The maximum atomic E-state index is 14.0. The Balaban J connectivity index is 1.74. The normalized spacial score (nSPS) is 12.2. The summed E-state index contributed by atoms with van der Waals surface area (Å²) in [5.41, 5.74) is 7.47. The predicted octanol–water partition coefficient (Wildman–Crippen LogP) is 6.43.